The van der Waals surface area contributed by atoms with E-state index >= 15 is 0 Å². The highest BCUT2D eigenvalue weighted by Gasteiger charge is 2.40. The molecule has 0 N–H and O–H groups in total. The number of benzene rings is 1. The lowest BCUT2D eigenvalue weighted by molar-refractivity contribution is -0.141. The van der Waals surface area contributed by atoms with Gasteiger partial charge in [0, 0.05) is 49.4 Å². The Kier molecular flexibility index (Phi) is 5.24. The van der Waals surface area contributed by atoms with Crippen LogP contribution in [0.15, 0.2) is 30.5 Å². The molecular weight excluding hydrogens is 372 g/mol. The molecule has 6 heteroatoms. The first kappa shape index (κ1) is 19.8. The van der Waals surface area contributed by atoms with Gasteiger partial charge in [-0.25, -0.2) is 8.78 Å². The highest BCUT2D eigenvalue weighted by Crippen LogP contribution is 2.39. The van der Waals surface area contributed by atoms with E-state index in [0.717, 1.165) is 17.4 Å². The third kappa shape index (κ3) is 3.96. The zero-order chi connectivity index (χ0) is 20.6. The van der Waals surface area contributed by atoms with E-state index in [-0.39, 0.29) is 43.4 Å². The number of alkyl halides is 2. The van der Waals surface area contributed by atoms with Crippen LogP contribution in [0.25, 0.3) is 10.9 Å². The van der Waals surface area contributed by atoms with E-state index in [4.69, 9.17) is 0 Å². The van der Waals surface area contributed by atoms with Gasteiger partial charge in [-0.05, 0) is 42.9 Å². The summed E-state index contributed by atoms with van der Waals surface area (Å²) in [5.41, 5.74) is 2.34. The molecular formula is C23H25F2N3O. The van der Waals surface area contributed by atoms with Crippen molar-refractivity contribution >= 4 is 16.8 Å². The molecule has 2 aromatic rings. The number of pyridine rings is 1. The van der Waals surface area contributed by atoms with Gasteiger partial charge in [-0.15, -0.1) is 0 Å². The van der Waals surface area contributed by atoms with E-state index in [1.165, 1.54) is 0 Å². The van der Waals surface area contributed by atoms with Crippen LogP contribution in [-0.4, -0.2) is 34.8 Å². The van der Waals surface area contributed by atoms with Crippen molar-refractivity contribution in [3.63, 3.8) is 0 Å². The van der Waals surface area contributed by atoms with Crippen LogP contribution in [0.3, 0.4) is 0 Å². The lowest BCUT2D eigenvalue weighted by atomic mass is 9.81. The van der Waals surface area contributed by atoms with Crippen molar-refractivity contribution in [3.05, 3.63) is 41.6 Å². The number of rotatable bonds is 2. The molecule has 152 valence electrons. The van der Waals surface area contributed by atoms with E-state index in [1.807, 2.05) is 23.1 Å². The van der Waals surface area contributed by atoms with Gasteiger partial charge in [0.1, 0.15) is 6.07 Å². The number of piperidine rings is 1. The second kappa shape index (κ2) is 7.70. The molecule has 0 bridgehead atoms. The third-order valence-electron chi connectivity index (χ3n) is 6.40. The van der Waals surface area contributed by atoms with Crippen molar-refractivity contribution in [1.29, 1.82) is 5.26 Å². The fraction of sp³-hybridized carbons (Fsp3) is 0.522. The van der Waals surface area contributed by atoms with Crippen molar-refractivity contribution in [2.45, 2.75) is 50.9 Å². The SMILES string of the molecule is C[C@@H]1C[C@H](c2ccc(C#N)c3ncccc23)CN(C(=O)C2CCC(F)(F)CC2)C1. The number of hydrogen-bond acceptors (Lipinski definition) is 3. The molecule has 1 aromatic heterocycles. The van der Waals surface area contributed by atoms with Crippen molar-refractivity contribution in [1.82, 2.24) is 9.88 Å². The molecule has 1 saturated carbocycles. The Labute approximate surface area is 169 Å². The maximum atomic E-state index is 13.5. The normalized spacial score (nSPS) is 25.0. The number of hydrogen-bond donors (Lipinski definition) is 0. The van der Waals surface area contributed by atoms with Gasteiger partial charge in [0.25, 0.3) is 0 Å². The second-order valence-electron chi connectivity index (χ2n) is 8.62. The van der Waals surface area contributed by atoms with Crippen LogP contribution in [0.4, 0.5) is 8.78 Å². The van der Waals surface area contributed by atoms with E-state index in [2.05, 4.69) is 18.0 Å². The molecule has 4 nitrogen and oxygen atoms in total. The van der Waals surface area contributed by atoms with Crippen LogP contribution in [0.5, 0.6) is 0 Å². The number of nitrogens with zero attached hydrogens (tertiary/aromatic N) is 3. The minimum absolute atomic E-state index is 0.0214. The fourth-order valence-electron chi connectivity index (χ4n) is 4.94. The number of halogens is 2. The van der Waals surface area contributed by atoms with Gasteiger partial charge in [0.05, 0.1) is 11.1 Å². The van der Waals surface area contributed by atoms with Crippen molar-refractivity contribution in [2.75, 3.05) is 13.1 Å². The monoisotopic (exact) mass is 397 g/mol. The topological polar surface area (TPSA) is 57.0 Å². The van der Waals surface area contributed by atoms with E-state index in [0.29, 0.717) is 30.1 Å². The zero-order valence-electron chi connectivity index (χ0n) is 16.6. The average Bonchev–Trinajstić information content (AvgIpc) is 2.72. The van der Waals surface area contributed by atoms with Crippen LogP contribution in [0.1, 0.15) is 56.1 Å². The van der Waals surface area contributed by atoms with E-state index in [1.54, 1.807) is 12.3 Å². The van der Waals surface area contributed by atoms with Crippen LogP contribution < -0.4 is 0 Å². The first-order valence-electron chi connectivity index (χ1n) is 10.3. The summed E-state index contributed by atoms with van der Waals surface area (Å²) in [5, 5.41) is 10.3. The molecule has 2 heterocycles. The zero-order valence-corrected chi connectivity index (χ0v) is 16.6. The Balaban J connectivity index is 1.58. The van der Waals surface area contributed by atoms with Crippen molar-refractivity contribution < 1.29 is 13.6 Å². The first-order valence-corrected chi connectivity index (χ1v) is 10.3. The summed E-state index contributed by atoms with van der Waals surface area (Å²) in [7, 11) is 0. The van der Waals surface area contributed by atoms with Gasteiger partial charge in [-0.3, -0.25) is 9.78 Å². The third-order valence-corrected chi connectivity index (χ3v) is 6.40. The Morgan fingerprint density at radius 1 is 1.24 bits per heavy atom. The molecule has 2 fully saturated rings. The van der Waals surface area contributed by atoms with Crippen molar-refractivity contribution in [3.8, 4) is 6.07 Å². The summed E-state index contributed by atoms with van der Waals surface area (Å²) >= 11 is 0. The Hall–Kier alpha value is -2.55. The number of amides is 1. The summed E-state index contributed by atoms with van der Waals surface area (Å²) in [5.74, 6) is -2.42. The Morgan fingerprint density at radius 2 is 2.00 bits per heavy atom. The fourth-order valence-corrected chi connectivity index (χ4v) is 4.94. The molecule has 1 amide bonds. The lowest BCUT2D eigenvalue weighted by Crippen LogP contribution is -2.46. The number of nitriles is 1. The molecule has 0 spiro atoms. The number of carbonyl (C=O) groups excluding carboxylic acids is 1. The maximum absolute atomic E-state index is 13.5. The standard InChI is InChI=1S/C23H25F2N3O/c1-15-11-18(19-5-4-17(12-26)21-20(19)3-2-10-27-21)14-28(13-15)22(29)16-6-8-23(24,25)9-7-16/h2-5,10,15-16,18H,6-9,11,13-14H2,1H3/t15-,18+/m1/s1. The van der Waals surface area contributed by atoms with Crippen LogP contribution in [0, 0.1) is 23.2 Å². The highest BCUT2D eigenvalue weighted by atomic mass is 19.3. The van der Waals surface area contributed by atoms with Gasteiger partial charge >= 0.3 is 0 Å². The summed E-state index contributed by atoms with van der Waals surface area (Å²) in [6.07, 6.45) is 2.79. The van der Waals surface area contributed by atoms with Gasteiger partial charge < -0.3 is 4.90 Å². The largest absolute Gasteiger partial charge is 0.342 e. The molecule has 0 unspecified atom stereocenters. The summed E-state index contributed by atoms with van der Waals surface area (Å²) in [6, 6.07) is 9.83. The van der Waals surface area contributed by atoms with E-state index in [9.17, 15) is 18.8 Å². The van der Waals surface area contributed by atoms with Crippen LogP contribution >= 0.6 is 0 Å². The molecule has 2 aliphatic rings. The molecule has 2 atom stereocenters. The maximum Gasteiger partial charge on any atom is 0.248 e. The van der Waals surface area contributed by atoms with Crippen LogP contribution in [0.2, 0.25) is 0 Å². The number of carbonyl (C=O) groups is 1. The Morgan fingerprint density at radius 3 is 2.72 bits per heavy atom. The molecule has 4 rings (SSSR count). The number of aromatic nitrogens is 1. The summed E-state index contributed by atoms with van der Waals surface area (Å²) < 4.78 is 27.0. The minimum atomic E-state index is -2.62. The quantitative estimate of drug-likeness (QED) is 0.725. The molecule has 1 aliphatic carbocycles. The predicted molar refractivity (Wildman–Crippen MR) is 106 cm³/mol. The number of fused-ring (bicyclic) bond motifs is 1. The highest BCUT2D eigenvalue weighted by molar-refractivity contribution is 5.87. The second-order valence-corrected chi connectivity index (χ2v) is 8.62. The van der Waals surface area contributed by atoms with Crippen LogP contribution in [-0.2, 0) is 4.79 Å². The van der Waals surface area contributed by atoms with Gasteiger partial charge in [0.15, 0.2) is 0 Å². The molecule has 1 aliphatic heterocycles. The average molecular weight is 397 g/mol. The first-order chi connectivity index (χ1) is 13.9. The van der Waals surface area contributed by atoms with Gasteiger partial charge in [0.2, 0.25) is 11.8 Å². The lowest BCUT2D eigenvalue weighted by Gasteiger charge is -2.40. The van der Waals surface area contributed by atoms with Gasteiger partial charge in [-0.1, -0.05) is 19.1 Å². The Bertz CT molecular complexity index is 958. The molecule has 1 saturated heterocycles. The summed E-state index contributed by atoms with van der Waals surface area (Å²) in [4.78, 5) is 19.4. The van der Waals surface area contributed by atoms with Crippen molar-refractivity contribution in [2.24, 2.45) is 11.8 Å². The number of likely N-dealkylation sites (tertiary alicyclic amines) is 1. The predicted octanol–water partition coefficient (Wildman–Crippen LogP) is 4.88. The van der Waals surface area contributed by atoms with Gasteiger partial charge in [-0.2, -0.15) is 5.26 Å². The minimum Gasteiger partial charge on any atom is -0.342 e. The van der Waals surface area contributed by atoms with E-state index < -0.39 is 5.92 Å². The summed E-state index contributed by atoms with van der Waals surface area (Å²) in [6.45, 7) is 3.40. The smallest absolute Gasteiger partial charge is 0.248 e. The molecule has 0 radical (unpaired) electrons. The molecule has 29 heavy (non-hydrogen) atoms. The molecule has 1 aromatic carbocycles.